The van der Waals surface area contributed by atoms with Gasteiger partial charge in [0.05, 0.1) is 6.54 Å². The van der Waals surface area contributed by atoms with Crippen molar-refractivity contribution in [1.29, 1.82) is 0 Å². The Morgan fingerprint density at radius 1 is 1.43 bits per heavy atom. The number of likely N-dealkylation sites (N-methyl/N-ethyl adjacent to an activating group) is 1. The fourth-order valence-corrected chi connectivity index (χ4v) is 1.71. The second kappa shape index (κ2) is 5.98. The van der Waals surface area contributed by atoms with Crippen LogP contribution in [-0.4, -0.2) is 55.5 Å². The van der Waals surface area contributed by atoms with Crippen LogP contribution in [0.1, 0.15) is 19.3 Å². The van der Waals surface area contributed by atoms with E-state index in [1.807, 2.05) is 7.05 Å². The van der Waals surface area contributed by atoms with Crippen LogP contribution in [0.5, 0.6) is 0 Å². The molecule has 1 fully saturated rings. The highest BCUT2D eigenvalue weighted by molar-refractivity contribution is 5.77. The molecule has 0 aromatic rings. The van der Waals surface area contributed by atoms with Crippen molar-refractivity contribution >= 4 is 5.91 Å². The van der Waals surface area contributed by atoms with Crippen LogP contribution in [0.3, 0.4) is 0 Å². The summed E-state index contributed by atoms with van der Waals surface area (Å²) >= 11 is 0. The van der Waals surface area contributed by atoms with Crippen molar-refractivity contribution in [3.8, 4) is 0 Å². The molecule has 1 aliphatic heterocycles. The average Bonchev–Trinajstić information content (AvgIpc) is 2.66. The molecule has 1 saturated heterocycles. The van der Waals surface area contributed by atoms with E-state index in [2.05, 4.69) is 4.90 Å². The first-order valence-corrected chi connectivity index (χ1v) is 5.40. The molecule has 0 spiro atoms. The fourth-order valence-electron chi connectivity index (χ4n) is 1.71. The summed E-state index contributed by atoms with van der Waals surface area (Å²) in [7, 11) is 1.86. The first kappa shape index (κ1) is 11.5. The molecule has 1 heterocycles. The quantitative estimate of drug-likeness (QED) is 0.672. The normalized spacial score (nSPS) is 17.3. The monoisotopic (exact) mass is 199 g/mol. The Bertz CT molecular complexity index is 178. The number of rotatable bonds is 5. The summed E-state index contributed by atoms with van der Waals surface area (Å²) < 4.78 is 0. The molecule has 0 bridgehead atoms. The molecule has 82 valence electrons. The topological polar surface area (TPSA) is 49.6 Å². The Morgan fingerprint density at radius 2 is 2.07 bits per heavy atom. The molecule has 0 radical (unpaired) electrons. The summed E-state index contributed by atoms with van der Waals surface area (Å²) in [6.45, 7) is 4.18. The van der Waals surface area contributed by atoms with Crippen LogP contribution in [0.25, 0.3) is 0 Å². The lowest BCUT2D eigenvalue weighted by Crippen LogP contribution is -2.37. The SMILES string of the molecule is CN(CCCN)C(=O)CN1CCCC1. The van der Waals surface area contributed by atoms with E-state index in [-0.39, 0.29) is 5.91 Å². The van der Waals surface area contributed by atoms with Gasteiger partial charge in [-0.1, -0.05) is 0 Å². The van der Waals surface area contributed by atoms with Crippen LogP contribution in [0, 0.1) is 0 Å². The van der Waals surface area contributed by atoms with Crippen molar-refractivity contribution in [3.05, 3.63) is 0 Å². The third kappa shape index (κ3) is 3.64. The van der Waals surface area contributed by atoms with Crippen molar-refractivity contribution in [1.82, 2.24) is 9.80 Å². The molecule has 1 amide bonds. The minimum atomic E-state index is 0.223. The Morgan fingerprint density at radius 3 is 2.64 bits per heavy atom. The van der Waals surface area contributed by atoms with Crippen LogP contribution in [-0.2, 0) is 4.79 Å². The zero-order chi connectivity index (χ0) is 10.4. The predicted molar refractivity (Wildman–Crippen MR) is 57.0 cm³/mol. The van der Waals surface area contributed by atoms with Gasteiger partial charge in [-0.25, -0.2) is 0 Å². The maximum Gasteiger partial charge on any atom is 0.236 e. The van der Waals surface area contributed by atoms with Gasteiger partial charge in [-0.15, -0.1) is 0 Å². The van der Waals surface area contributed by atoms with Gasteiger partial charge in [0.15, 0.2) is 0 Å². The minimum absolute atomic E-state index is 0.223. The highest BCUT2D eigenvalue weighted by atomic mass is 16.2. The maximum absolute atomic E-state index is 11.6. The zero-order valence-electron chi connectivity index (χ0n) is 9.04. The van der Waals surface area contributed by atoms with Crippen LogP contribution >= 0.6 is 0 Å². The second-order valence-electron chi connectivity index (χ2n) is 3.94. The van der Waals surface area contributed by atoms with Crippen molar-refractivity contribution in [2.75, 3.05) is 39.8 Å². The van der Waals surface area contributed by atoms with E-state index in [0.717, 1.165) is 26.1 Å². The van der Waals surface area contributed by atoms with E-state index in [1.165, 1.54) is 12.8 Å². The number of nitrogens with zero attached hydrogens (tertiary/aromatic N) is 2. The predicted octanol–water partition coefficient (Wildman–Crippen LogP) is -0.111. The van der Waals surface area contributed by atoms with Gasteiger partial charge in [-0.3, -0.25) is 9.69 Å². The summed E-state index contributed by atoms with van der Waals surface area (Å²) in [6, 6.07) is 0. The molecule has 1 rings (SSSR count). The van der Waals surface area contributed by atoms with Gasteiger partial charge in [-0.2, -0.15) is 0 Å². The molecule has 0 aromatic carbocycles. The largest absolute Gasteiger partial charge is 0.345 e. The minimum Gasteiger partial charge on any atom is -0.345 e. The van der Waals surface area contributed by atoms with Gasteiger partial charge in [-0.05, 0) is 38.9 Å². The molecule has 14 heavy (non-hydrogen) atoms. The van der Waals surface area contributed by atoms with E-state index in [0.29, 0.717) is 13.1 Å². The molecular weight excluding hydrogens is 178 g/mol. The molecule has 4 nitrogen and oxygen atoms in total. The van der Waals surface area contributed by atoms with Crippen molar-refractivity contribution < 1.29 is 4.79 Å². The standard InChI is InChI=1S/C10H21N3O/c1-12(6-4-5-11)10(14)9-13-7-2-3-8-13/h2-9,11H2,1H3. The molecule has 0 unspecified atom stereocenters. The van der Waals surface area contributed by atoms with Crippen LogP contribution < -0.4 is 5.73 Å². The Kier molecular flexibility index (Phi) is 4.90. The number of hydrogen-bond donors (Lipinski definition) is 1. The Balaban J connectivity index is 2.18. The van der Waals surface area contributed by atoms with E-state index in [1.54, 1.807) is 4.90 Å². The van der Waals surface area contributed by atoms with Gasteiger partial charge in [0, 0.05) is 13.6 Å². The lowest BCUT2D eigenvalue weighted by atomic mass is 10.4. The Labute approximate surface area is 86.0 Å². The maximum atomic E-state index is 11.6. The van der Waals surface area contributed by atoms with Crippen molar-refractivity contribution in [2.24, 2.45) is 5.73 Å². The Hall–Kier alpha value is -0.610. The van der Waals surface area contributed by atoms with Gasteiger partial charge in [0.2, 0.25) is 5.91 Å². The van der Waals surface area contributed by atoms with Crippen LogP contribution in [0.2, 0.25) is 0 Å². The molecule has 0 atom stereocenters. The van der Waals surface area contributed by atoms with E-state index in [9.17, 15) is 4.79 Å². The lowest BCUT2D eigenvalue weighted by Gasteiger charge is -2.20. The number of amides is 1. The second-order valence-corrected chi connectivity index (χ2v) is 3.94. The molecular formula is C10H21N3O. The summed E-state index contributed by atoms with van der Waals surface area (Å²) in [5.41, 5.74) is 5.39. The zero-order valence-corrected chi connectivity index (χ0v) is 9.04. The molecule has 1 aliphatic rings. The summed E-state index contributed by atoms with van der Waals surface area (Å²) in [4.78, 5) is 15.7. The van der Waals surface area contributed by atoms with E-state index >= 15 is 0 Å². The van der Waals surface area contributed by atoms with Crippen LogP contribution in [0.4, 0.5) is 0 Å². The highest BCUT2D eigenvalue weighted by Gasteiger charge is 2.16. The third-order valence-corrected chi connectivity index (χ3v) is 2.68. The molecule has 2 N–H and O–H groups in total. The van der Waals surface area contributed by atoms with Crippen molar-refractivity contribution in [2.45, 2.75) is 19.3 Å². The number of hydrogen-bond acceptors (Lipinski definition) is 3. The molecule has 0 aliphatic carbocycles. The van der Waals surface area contributed by atoms with Crippen molar-refractivity contribution in [3.63, 3.8) is 0 Å². The number of carbonyl (C=O) groups excluding carboxylic acids is 1. The molecule has 0 aromatic heterocycles. The summed E-state index contributed by atoms with van der Waals surface area (Å²) in [5, 5.41) is 0. The smallest absolute Gasteiger partial charge is 0.236 e. The van der Waals surface area contributed by atoms with Gasteiger partial charge >= 0.3 is 0 Å². The summed E-state index contributed by atoms with van der Waals surface area (Å²) in [5.74, 6) is 0.223. The molecule has 4 heteroatoms. The fraction of sp³-hybridized carbons (Fsp3) is 0.900. The van der Waals surface area contributed by atoms with Crippen LogP contribution in [0.15, 0.2) is 0 Å². The first-order chi connectivity index (χ1) is 6.74. The lowest BCUT2D eigenvalue weighted by molar-refractivity contribution is -0.130. The first-order valence-electron chi connectivity index (χ1n) is 5.40. The van der Waals surface area contributed by atoms with E-state index < -0.39 is 0 Å². The van der Waals surface area contributed by atoms with E-state index in [4.69, 9.17) is 5.73 Å². The average molecular weight is 199 g/mol. The summed E-state index contributed by atoms with van der Waals surface area (Å²) in [6.07, 6.45) is 3.36. The van der Waals surface area contributed by atoms with Gasteiger partial charge in [0.25, 0.3) is 0 Å². The third-order valence-electron chi connectivity index (χ3n) is 2.68. The van der Waals surface area contributed by atoms with Gasteiger partial charge < -0.3 is 10.6 Å². The molecule has 0 saturated carbocycles. The number of nitrogens with two attached hydrogens (primary N) is 1. The number of likely N-dealkylation sites (tertiary alicyclic amines) is 1. The highest BCUT2D eigenvalue weighted by Crippen LogP contribution is 2.06. The van der Waals surface area contributed by atoms with Gasteiger partial charge in [0.1, 0.15) is 0 Å². The number of carbonyl (C=O) groups is 1.